The molecule has 7 nitrogen and oxygen atoms in total. The van der Waals surface area contributed by atoms with E-state index >= 15 is 0 Å². The Morgan fingerprint density at radius 3 is 2.24 bits per heavy atom. The van der Waals surface area contributed by atoms with Gasteiger partial charge in [-0.3, -0.25) is 0 Å². The van der Waals surface area contributed by atoms with Crippen LogP contribution in [0.5, 0.6) is 5.75 Å². The molecule has 0 fully saturated rings. The summed E-state index contributed by atoms with van der Waals surface area (Å²) >= 11 is 0. The van der Waals surface area contributed by atoms with Crippen molar-refractivity contribution in [1.82, 2.24) is 0 Å². The van der Waals surface area contributed by atoms with Crippen molar-refractivity contribution >= 4 is 32.5 Å². The van der Waals surface area contributed by atoms with Gasteiger partial charge in [0.1, 0.15) is 21.5 Å². The Morgan fingerprint density at radius 1 is 0.897 bits per heavy atom. The van der Waals surface area contributed by atoms with Crippen LogP contribution in [0.3, 0.4) is 0 Å². The third kappa shape index (κ3) is 3.63. The van der Waals surface area contributed by atoms with Crippen molar-refractivity contribution in [2.75, 3.05) is 0 Å². The first-order chi connectivity index (χ1) is 13.8. The van der Waals surface area contributed by atoms with Gasteiger partial charge in [-0.2, -0.15) is 10.2 Å². The van der Waals surface area contributed by atoms with Crippen LogP contribution in [-0.2, 0) is 10.1 Å². The summed E-state index contributed by atoms with van der Waals surface area (Å²) in [6, 6.07) is 17.4. The average Bonchev–Trinajstić information content (AvgIpc) is 3.03. The van der Waals surface area contributed by atoms with E-state index in [1.54, 1.807) is 6.07 Å². The number of benzene rings is 3. The van der Waals surface area contributed by atoms with Crippen molar-refractivity contribution in [1.29, 1.82) is 0 Å². The molecule has 0 unspecified atom stereocenters. The SMILES string of the molecule is Cc1oc2ccc([O-])c(N=Nc3ccc(S(=O)(=O)[O-])cc3)c2c1-c1ccccc1. The molecule has 0 N–H and O–H groups in total. The molecule has 29 heavy (non-hydrogen) atoms. The summed E-state index contributed by atoms with van der Waals surface area (Å²) in [4.78, 5) is -0.361. The summed E-state index contributed by atoms with van der Waals surface area (Å²) in [7, 11) is -4.54. The molecule has 0 aliphatic carbocycles. The largest absolute Gasteiger partial charge is 0.871 e. The maximum absolute atomic E-state index is 12.5. The van der Waals surface area contributed by atoms with Crippen molar-refractivity contribution in [3.05, 3.63) is 72.5 Å². The molecule has 0 bridgehead atoms. The summed E-state index contributed by atoms with van der Waals surface area (Å²) in [5, 5.41) is 21.2. The molecule has 0 atom stereocenters. The van der Waals surface area contributed by atoms with Gasteiger partial charge >= 0.3 is 0 Å². The van der Waals surface area contributed by atoms with Crippen LogP contribution in [0, 0.1) is 6.92 Å². The first-order valence-electron chi connectivity index (χ1n) is 8.61. The minimum Gasteiger partial charge on any atom is -0.871 e. The Hall–Kier alpha value is -3.49. The molecule has 8 heteroatoms. The lowest BCUT2D eigenvalue weighted by Gasteiger charge is -2.11. The molecule has 4 rings (SSSR count). The maximum atomic E-state index is 12.5. The quantitative estimate of drug-likeness (QED) is 0.356. The van der Waals surface area contributed by atoms with E-state index < -0.39 is 10.1 Å². The summed E-state index contributed by atoms with van der Waals surface area (Å²) in [5.74, 6) is 0.330. The Bertz CT molecular complexity index is 1330. The molecule has 0 radical (unpaired) electrons. The van der Waals surface area contributed by atoms with Gasteiger partial charge in [0.15, 0.2) is 0 Å². The highest BCUT2D eigenvalue weighted by molar-refractivity contribution is 7.85. The van der Waals surface area contributed by atoms with Crippen LogP contribution < -0.4 is 5.11 Å². The van der Waals surface area contributed by atoms with Crippen LogP contribution in [0.1, 0.15) is 5.76 Å². The van der Waals surface area contributed by atoms with E-state index in [-0.39, 0.29) is 16.3 Å². The number of hydrogen-bond acceptors (Lipinski definition) is 7. The molecule has 146 valence electrons. The maximum Gasteiger partial charge on any atom is 0.137 e. The smallest absolute Gasteiger partial charge is 0.137 e. The van der Waals surface area contributed by atoms with E-state index in [0.717, 1.165) is 23.3 Å². The zero-order valence-electron chi connectivity index (χ0n) is 15.2. The summed E-state index contributed by atoms with van der Waals surface area (Å²) in [5.41, 5.74) is 2.59. The van der Waals surface area contributed by atoms with Crippen molar-refractivity contribution in [3.63, 3.8) is 0 Å². The molecule has 4 aromatic rings. The second-order valence-electron chi connectivity index (χ2n) is 6.33. The normalized spacial score (nSPS) is 12.1. The van der Waals surface area contributed by atoms with E-state index in [1.807, 2.05) is 37.3 Å². The fourth-order valence-corrected chi connectivity index (χ4v) is 3.58. The lowest BCUT2D eigenvalue weighted by atomic mass is 10.0. The van der Waals surface area contributed by atoms with Gasteiger partial charge in [0, 0.05) is 5.56 Å². The number of azo groups is 1. The second-order valence-corrected chi connectivity index (χ2v) is 7.71. The number of nitrogens with zero attached hydrogens (tertiary/aromatic N) is 2. The van der Waals surface area contributed by atoms with E-state index in [2.05, 4.69) is 10.2 Å². The fourth-order valence-electron chi connectivity index (χ4n) is 3.11. The third-order valence-corrected chi connectivity index (χ3v) is 5.27. The minimum atomic E-state index is -4.54. The van der Waals surface area contributed by atoms with Crippen molar-refractivity contribution in [2.45, 2.75) is 11.8 Å². The zero-order chi connectivity index (χ0) is 20.6. The molecule has 0 saturated heterocycles. The van der Waals surface area contributed by atoms with Gasteiger partial charge < -0.3 is 14.1 Å². The zero-order valence-corrected chi connectivity index (χ0v) is 16.0. The number of aryl methyl sites for hydroxylation is 1. The number of fused-ring (bicyclic) bond motifs is 1. The lowest BCUT2D eigenvalue weighted by Crippen LogP contribution is -1.97. The average molecular weight is 406 g/mol. The summed E-state index contributed by atoms with van der Waals surface area (Å²) in [6.45, 7) is 1.82. The monoisotopic (exact) mass is 406 g/mol. The Labute approximate surface area is 166 Å². The predicted molar refractivity (Wildman–Crippen MR) is 104 cm³/mol. The highest BCUT2D eigenvalue weighted by Crippen LogP contribution is 2.43. The van der Waals surface area contributed by atoms with E-state index in [1.165, 1.54) is 18.2 Å². The van der Waals surface area contributed by atoms with Crippen molar-refractivity contribution in [3.8, 4) is 16.9 Å². The Kier molecular flexibility index (Phi) is 4.65. The first kappa shape index (κ1) is 18.9. The Balaban J connectivity index is 1.83. The van der Waals surface area contributed by atoms with Crippen molar-refractivity contribution < 1.29 is 22.5 Å². The second kappa shape index (κ2) is 7.16. The van der Waals surface area contributed by atoms with Gasteiger partial charge in [-0.05, 0) is 42.8 Å². The molecule has 1 heterocycles. The van der Waals surface area contributed by atoms with Gasteiger partial charge in [-0.25, -0.2) is 8.42 Å². The molecule has 0 spiro atoms. The number of furan rings is 1. The summed E-state index contributed by atoms with van der Waals surface area (Å²) < 4.78 is 38.9. The molecule has 0 aliphatic heterocycles. The molecular weight excluding hydrogens is 392 g/mol. The predicted octanol–water partition coefficient (Wildman–Crippen LogP) is 4.80. The lowest BCUT2D eigenvalue weighted by molar-refractivity contribution is -0.267. The van der Waals surface area contributed by atoms with Crippen LogP contribution >= 0.6 is 0 Å². The van der Waals surface area contributed by atoms with Crippen LogP contribution in [0.4, 0.5) is 11.4 Å². The van der Waals surface area contributed by atoms with Gasteiger partial charge in [0.25, 0.3) is 0 Å². The minimum absolute atomic E-state index is 0.124. The van der Waals surface area contributed by atoms with Gasteiger partial charge in [0.05, 0.1) is 21.7 Å². The van der Waals surface area contributed by atoms with Crippen LogP contribution in [0.25, 0.3) is 22.1 Å². The summed E-state index contributed by atoms with van der Waals surface area (Å²) in [6.07, 6.45) is 0. The van der Waals surface area contributed by atoms with E-state index in [4.69, 9.17) is 4.42 Å². The number of hydrogen-bond donors (Lipinski definition) is 0. The highest BCUT2D eigenvalue weighted by atomic mass is 32.2. The van der Waals surface area contributed by atoms with E-state index in [9.17, 15) is 18.1 Å². The standard InChI is InChI=1S/C21H16N2O5S/c1-13-19(14-5-3-2-4-6-14)20-18(28-13)12-11-17(24)21(20)23-22-15-7-9-16(10-8-15)29(25,26)27/h2-12,24H,1H3,(H,25,26,27)/p-2. The van der Waals surface area contributed by atoms with Crippen LogP contribution in [0.2, 0.25) is 0 Å². The number of rotatable bonds is 4. The molecule has 1 aromatic heterocycles. The molecule has 0 amide bonds. The third-order valence-electron chi connectivity index (χ3n) is 4.42. The van der Waals surface area contributed by atoms with E-state index in [0.29, 0.717) is 22.4 Å². The van der Waals surface area contributed by atoms with Gasteiger partial charge in [0.2, 0.25) is 0 Å². The van der Waals surface area contributed by atoms with Gasteiger partial charge in [-0.1, -0.05) is 42.1 Å². The molecule has 0 saturated carbocycles. The Morgan fingerprint density at radius 2 is 1.59 bits per heavy atom. The van der Waals surface area contributed by atoms with Crippen LogP contribution in [-0.4, -0.2) is 13.0 Å². The topological polar surface area (TPSA) is 118 Å². The first-order valence-corrected chi connectivity index (χ1v) is 10.0. The molecule has 3 aromatic carbocycles. The van der Waals surface area contributed by atoms with Crippen molar-refractivity contribution in [2.24, 2.45) is 10.2 Å². The van der Waals surface area contributed by atoms with Crippen LogP contribution in [0.15, 0.2) is 86.3 Å². The van der Waals surface area contributed by atoms with Gasteiger partial charge in [-0.15, -0.1) is 0 Å². The molecule has 0 aliphatic rings. The highest BCUT2D eigenvalue weighted by Gasteiger charge is 2.17. The molecular formula is C21H14N2O5S-2. The fraction of sp³-hybridized carbons (Fsp3) is 0.0476.